The van der Waals surface area contributed by atoms with Gasteiger partial charge in [0.05, 0.1) is 0 Å². The molecule has 0 amide bonds. The van der Waals surface area contributed by atoms with Crippen molar-refractivity contribution >= 4 is 22.5 Å². The van der Waals surface area contributed by atoms with E-state index in [2.05, 4.69) is 4.98 Å². The molecule has 0 unspecified atom stereocenters. The maximum atomic E-state index is 12.3. The Morgan fingerprint density at radius 2 is 1.77 bits per heavy atom. The topological polar surface area (TPSA) is 59.2 Å². The molecule has 0 atom stereocenters. The van der Waals surface area contributed by atoms with Gasteiger partial charge < -0.3 is 9.72 Å². The second-order valence-corrected chi connectivity index (χ2v) is 5.04. The molecular weight excluding hydrogens is 278 g/mol. The summed E-state index contributed by atoms with van der Waals surface area (Å²) in [4.78, 5) is 26.5. The number of carbonyl (C=O) groups is 2. The van der Waals surface area contributed by atoms with Crippen molar-refractivity contribution in [1.82, 2.24) is 4.98 Å². The monoisotopic (exact) mass is 293 g/mol. The van der Waals surface area contributed by atoms with Crippen LogP contribution in [0.2, 0.25) is 0 Å². The van der Waals surface area contributed by atoms with Gasteiger partial charge in [0, 0.05) is 28.2 Å². The molecule has 0 bridgehead atoms. The summed E-state index contributed by atoms with van der Waals surface area (Å²) in [6.45, 7) is 1.47. The smallest absolute Gasteiger partial charge is 0.202 e. The quantitative estimate of drug-likeness (QED) is 0.731. The van der Waals surface area contributed by atoms with Gasteiger partial charge in [-0.25, -0.2) is 0 Å². The summed E-state index contributed by atoms with van der Waals surface area (Å²) in [5.41, 5.74) is 2.17. The number of rotatable bonds is 5. The van der Waals surface area contributed by atoms with Gasteiger partial charge in [-0.05, 0) is 37.3 Å². The minimum Gasteiger partial charge on any atom is -0.485 e. The van der Waals surface area contributed by atoms with Gasteiger partial charge in [-0.2, -0.15) is 0 Å². The summed E-state index contributed by atoms with van der Waals surface area (Å²) in [6.07, 6.45) is 1.70. The lowest BCUT2D eigenvalue weighted by atomic mass is 10.1. The first kappa shape index (κ1) is 14.1. The van der Waals surface area contributed by atoms with Gasteiger partial charge in [0.1, 0.15) is 5.75 Å². The zero-order valence-electron chi connectivity index (χ0n) is 12.1. The fraction of sp³-hybridized carbons (Fsp3) is 0.111. The second kappa shape index (κ2) is 5.85. The Morgan fingerprint density at radius 3 is 2.50 bits per heavy atom. The third kappa shape index (κ3) is 2.76. The summed E-state index contributed by atoms with van der Waals surface area (Å²) in [7, 11) is 0. The number of benzene rings is 2. The van der Waals surface area contributed by atoms with Crippen LogP contribution in [0.5, 0.6) is 5.75 Å². The number of ether oxygens (including phenoxy) is 1. The molecule has 22 heavy (non-hydrogen) atoms. The van der Waals surface area contributed by atoms with Crippen LogP contribution in [0.1, 0.15) is 27.6 Å². The highest BCUT2D eigenvalue weighted by Gasteiger charge is 2.12. The van der Waals surface area contributed by atoms with E-state index in [-0.39, 0.29) is 18.2 Å². The maximum absolute atomic E-state index is 12.3. The molecule has 1 heterocycles. The van der Waals surface area contributed by atoms with E-state index in [0.717, 1.165) is 10.9 Å². The number of carbonyl (C=O) groups excluding carboxylic acids is 2. The number of hydrogen-bond acceptors (Lipinski definition) is 3. The van der Waals surface area contributed by atoms with Gasteiger partial charge in [0.2, 0.25) is 5.78 Å². The number of hydrogen-bond donors (Lipinski definition) is 1. The molecule has 0 radical (unpaired) electrons. The second-order valence-electron chi connectivity index (χ2n) is 5.04. The number of Topliss-reactive ketones (excluding diaryl/α,β-unsaturated/α-hetero) is 2. The lowest BCUT2D eigenvalue weighted by Gasteiger charge is -2.05. The fourth-order valence-corrected chi connectivity index (χ4v) is 2.31. The van der Waals surface area contributed by atoms with Crippen LogP contribution in [0.25, 0.3) is 10.9 Å². The number of aromatic nitrogens is 1. The summed E-state index contributed by atoms with van der Waals surface area (Å²) in [5.74, 6) is 0.479. The lowest BCUT2D eigenvalue weighted by molar-refractivity contribution is 0.0922. The molecule has 110 valence electrons. The Balaban J connectivity index is 1.71. The minimum atomic E-state index is -0.0897. The SMILES string of the molecule is CC(=O)c1ccc(OCC(=O)c2c[nH]c3ccccc23)cc1. The molecule has 0 saturated heterocycles. The molecule has 0 aliphatic heterocycles. The van der Waals surface area contributed by atoms with Crippen LogP contribution in [-0.4, -0.2) is 23.2 Å². The number of H-pyrrole nitrogens is 1. The molecule has 3 rings (SSSR count). The van der Waals surface area contributed by atoms with Crippen molar-refractivity contribution in [1.29, 1.82) is 0 Å². The fourth-order valence-electron chi connectivity index (χ4n) is 2.31. The van der Waals surface area contributed by atoms with Gasteiger partial charge in [-0.3, -0.25) is 9.59 Å². The standard InChI is InChI=1S/C18H15NO3/c1-12(20)13-6-8-14(9-7-13)22-11-18(21)16-10-19-17-5-3-2-4-15(16)17/h2-10,19H,11H2,1H3. The van der Waals surface area contributed by atoms with Gasteiger partial charge in [0.25, 0.3) is 0 Å². The minimum absolute atomic E-state index is 0.00131. The predicted molar refractivity (Wildman–Crippen MR) is 84.6 cm³/mol. The maximum Gasteiger partial charge on any atom is 0.202 e. The molecule has 0 fully saturated rings. The Bertz CT molecular complexity index is 831. The van der Waals surface area contributed by atoms with Crippen molar-refractivity contribution in [2.75, 3.05) is 6.61 Å². The largest absolute Gasteiger partial charge is 0.485 e. The normalized spacial score (nSPS) is 10.6. The lowest BCUT2D eigenvalue weighted by Crippen LogP contribution is -2.11. The first-order valence-electron chi connectivity index (χ1n) is 6.98. The highest BCUT2D eigenvalue weighted by Crippen LogP contribution is 2.19. The Kier molecular flexibility index (Phi) is 3.74. The third-order valence-corrected chi connectivity index (χ3v) is 3.52. The predicted octanol–water partition coefficient (Wildman–Crippen LogP) is 3.63. The molecule has 3 aromatic rings. The average Bonchev–Trinajstić information content (AvgIpc) is 2.97. The van der Waals surface area contributed by atoms with Crippen molar-refractivity contribution in [3.63, 3.8) is 0 Å². The van der Waals surface area contributed by atoms with Gasteiger partial charge in [-0.15, -0.1) is 0 Å². The molecule has 0 saturated carbocycles. The number of nitrogens with one attached hydrogen (secondary N) is 1. The van der Waals surface area contributed by atoms with E-state index in [0.29, 0.717) is 16.9 Å². The first-order chi connectivity index (χ1) is 10.6. The zero-order valence-corrected chi connectivity index (χ0v) is 12.1. The van der Waals surface area contributed by atoms with Gasteiger partial charge in [0.15, 0.2) is 12.4 Å². The highest BCUT2D eigenvalue weighted by atomic mass is 16.5. The van der Waals surface area contributed by atoms with Crippen LogP contribution < -0.4 is 4.74 Å². The highest BCUT2D eigenvalue weighted by molar-refractivity contribution is 6.08. The molecule has 0 aliphatic rings. The van der Waals surface area contributed by atoms with Crippen molar-refractivity contribution in [3.8, 4) is 5.75 Å². The molecule has 4 nitrogen and oxygen atoms in total. The molecule has 0 spiro atoms. The van der Waals surface area contributed by atoms with Crippen LogP contribution in [0.15, 0.2) is 54.7 Å². The van der Waals surface area contributed by atoms with Crippen LogP contribution >= 0.6 is 0 Å². The van der Waals surface area contributed by atoms with E-state index < -0.39 is 0 Å². The number of ketones is 2. The van der Waals surface area contributed by atoms with Gasteiger partial charge >= 0.3 is 0 Å². The van der Waals surface area contributed by atoms with Crippen LogP contribution in [0.4, 0.5) is 0 Å². The van der Waals surface area contributed by atoms with Crippen molar-refractivity contribution in [3.05, 3.63) is 65.9 Å². The van der Waals surface area contributed by atoms with E-state index in [4.69, 9.17) is 4.74 Å². The number of aromatic amines is 1. The molecule has 1 N–H and O–H groups in total. The van der Waals surface area contributed by atoms with Crippen LogP contribution in [-0.2, 0) is 0 Å². The summed E-state index contributed by atoms with van der Waals surface area (Å²) in [6, 6.07) is 14.4. The van der Waals surface area contributed by atoms with E-state index in [1.807, 2.05) is 24.3 Å². The van der Waals surface area contributed by atoms with Crippen LogP contribution in [0.3, 0.4) is 0 Å². The summed E-state index contributed by atoms with van der Waals surface area (Å²) >= 11 is 0. The van der Waals surface area contributed by atoms with E-state index in [9.17, 15) is 9.59 Å². The van der Waals surface area contributed by atoms with Gasteiger partial charge in [-0.1, -0.05) is 18.2 Å². The molecule has 1 aromatic heterocycles. The third-order valence-electron chi connectivity index (χ3n) is 3.52. The Morgan fingerprint density at radius 1 is 1.05 bits per heavy atom. The van der Waals surface area contributed by atoms with Crippen molar-refractivity contribution in [2.24, 2.45) is 0 Å². The van der Waals surface area contributed by atoms with Crippen LogP contribution in [0, 0.1) is 0 Å². The molecule has 0 aliphatic carbocycles. The van der Waals surface area contributed by atoms with E-state index in [1.54, 1.807) is 30.5 Å². The molecule has 2 aromatic carbocycles. The summed E-state index contributed by atoms with van der Waals surface area (Å²) in [5, 5.41) is 0.892. The molecular formula is C18H15NO3. The zero-order chi connectivity index (χ0) is 15.5. The Labute approximate surface area is 127 Å². The first-order valence-corrected chi connectivity index (χ1v) is 6.98. The summed E-state index contributed by atoms with van der Waals surface area (Å²) < 4.78 is 5.50. The van der Waals surface area contributed by atoms with E-state index >= 15 is 0 Å². The Hall–Kier alpha value is -2.88. The van der Waals surface area contributed by atoms with Crippen molar-refractivity contribution < 1.29 is 14.3 Å². The number of para-hydroxylation sites is 1. The van der Waals surface area contributed by atoms with Crippen molar-refractivity contribution in [2.45, 2.75) is 6.92 Å². The number of fused-ring (bicyclic) bond motifs is 1. The molecule has 4 heteroatoms. The average molecular weight is 293 g/mol. The van der Waals surface area contributed by atoms with E-state index in [1.165, 1.54) is 6.92 Å².